The third kappa shape index (κ3) is 4.66. The van der Waals surface area contributed by atoms with Crippen molar-refractivity contribution in [3.8, 4) is 5.75 Å². The van der Waals surface area contributed by atoms with Crippen molar-refractivity contribution in [2.75, 3.05) is 38.6 Å². The van der Waals surface area contributed by atoms with Crippen LogP contribution in [0, 0.1) is 0 Å². The lowest BCUT2D eigenvalue weighted by atomic mass is 10.1. The Morgan fingerprint density at radius 2 is 1.68 bits per heavy atom. The van der Waals surface area contributed by atoms with Crippen LogP contribution >= 0.6 is 0 Å². The summed E-state index contributed by atoms with van der Waals surface area (Å²) >= 11 is 0. The van der Waals surface area contributed by atoms with Crippen LogP contribution in [0.15, 0.2) is 62.6 Å². The lowest BCUT2D eigenvalue weighted by Crippen LogP contribution is -2.51. The summed E-state index contributed by atoms with van der Waals surface area (Å²) in [5.41, 5.74) is -0.0425. The fraction of sp³-hybridized carbons (Fsp3) is 0.261. The van der Waals surface area contributed by atoms with Crippen molar-refractivity contribution >= 4 is 38.5 Å². The first-order valence-electron chi connectivity index (χ1n) is 10.5. The molecule has 1 N–H and O–H groups in total. The molecular formula is C23H23N3O7S. The number of ether oxygens (including phenoxy) is 1. The number of nitrogens with one attached hydrogen (secondary N) is 1. The molecule has 2 heterocycles. The zero-order valence-electron chi connectivity index (χ0n) is 18.6. The molecule has 1 aromatic heterocycles. The number of amides is 2. The smallest absolute Gasteiger partial charge is 0.349 e. The predicted molar refractivity (Wildman–Crippen MR) is 124 cm³/mol. The minimum absolute atomic E-state index is 0.0776. The van der Waals surface area contributed by atoms with Crippen LogP contribution in [-0.4, -0.2) is 62.7 Å². The quantitative estimate of drug-likeness (QED) is 0.547. The van der Waals surface area contributed by atoms with Crippen molar-refractivity contribution in [2.24, 2.45) is 0 Å². The molecule has 11 heteroatoms. The number of benzene rings is 2. The van der Waals surface area contributed by atoms with Crippen molar-refractivity contribution in [2.45, 2.75) is 11.8 Å². The number of sulfonamides is 1. The molecule has 178 valence electrons. The molecule has 10 nitrogen and oxygen atoms in total. The molecule has 4 rings (SSSR count). The van der Waals surface area contributed by atoms with Crippen molar-refractivity contribution < 1.29 is 27.2 Å². The third-order valence-electron chi connectivity index (χ3n) is 5.51. The van der Waals surface area contributed by atoms with E-state index in [0.29, 0.717) is 22.4 Å². The predicted octanol–water partition coefficient (Wildman–Crippen LogP) is 1.91. The highest BCUT2D eigenvalue weighted by atomic mass is 32.2. The molecular weight excluding hydrogens is 462 g/mol. The first kappa shape index (κ1) is 23.5. The van der Waals surface area contributed by atoms with Gasteiger partial charge in [-0.3, -0.25) is 9.59 Å². The van der Waals surface area contributed by atoms with E-state index in [2.05, 4.69) is 5.32 Å². The van der Waals surface area contributed by atoms with Gasteiger partial charge >= 0.3 is 5.63 Å². The maximum atomic E-state index is 13.0. The fourth-order valence-corrected chi connectivity index (χ4v) is 5.16. The van der Waals surface area contributed by atoms with Crippen LogP contribution in [0.25, 0.3) is 11.0 Å². The second-order valence-electron chi connectivity index (χ2n) is 7.75. The maximum absolute atomic E-state index is 13.0. The Morgan fingerprint density at radius 1 is 1.00 bits per heavy atom. The number of rotatable bonds is 5. The monoisotopic (exact) mass is 485 g/mol. The third-order valence-corrected chi connectivity index (χ3v) is 7.42. The molecule has 0 saturated carbocycles. The molecule has 1 saturated heterocycles. The maximum Gasteiger partial charge on any atom is 0.349 e. The molecule has 0 atom stereocenters. The van der Waals surface area contributed by atoms with Gasteiger partial charge in [-0.05, 0) is 48.5 Å². The molecule has 0 spiro atoms. The first-order chi connectivity index (χ1) is 16.2. The number of methoxy groups -OCH3 is 1. The van der Waals surface area contributed by atoms with Gasteiger partial charge in [-0.15, -0.1) is 0 Å². The number of hydrogen-bond acceptors (Lipinski definition) is 7. The summed E-state index contributed by atoms with van der Waals surface area (Å²) in [6, 6.07) is 12.3. The van der Waals surface area contributed by atoms with Crippen molar-refractivity contribution in [1.29, 1.82) is 0 Å². The second kappa shape index (κ2) is 9.27. The van der Waals surface area contributed by atoms with Crippen LogP contribution in [0.5, 0.6) is 5.75 Å². The second-order valence-corrected chi connectivity index (χ2v) is 9.69. The van der Waals surface area contributed by atoms with Gasteiger partial charge in [0.15, 0.2) is 0 Å². The molecule has 1 fully saturated rings. The molecule has 2 aromatic carbocycles. The van der Waals surface area contributed by atoms with E-state index in [9.17, 15) is 22.8 Å². The van der Waals surface area contributed by atoms with E-state index in [1.54, 1.807) is 18.2 Å². The average Bonchev–Trinajstić information content (AvgIpc) is 2.83. The summed E-state index contributed by atoms with van der Waals surface area (Å²) < 4.78 is 37.7. The molecule has 3 aromatic rings. The molecule has 0 radical (unpaired) electrons. The lowest BCUT2D eigenvalue weighted by Gasteiger charge is -2.33. The SMILES string of the molecule is COc1ccc2oc(=O)c(C(=O)N3CCN(S(=O)(=O)c4ccc(NC(C)=O)cc4)CC3)cc2c1. The summed E-state index contributed by atoms with van der Waals surface area (Å²) in [6.07, 6.45) is 0. The first-order valence-corrected chi connectivity index (χ1v) is 11.9. The Labute approximate surface area is 195 Å². The van der Waals surface area contributed by atoms with E-state index in [0.717, 1.165) is 0 Å². The number of nitrogens with zero attached hydrogens (tertiary/aromatic N) is 2. The van der Waals surface area contributed by atoms with Crippen molar-refractivity contribution in [3.05, 3.63) is 64.5 Å². The van der Waals surface area contributed by atoms with E-state index in [1.165, 1.54) is 53.6 Å². The fourth-order valence-electron chi connectivity index (χ4n) is 3.74. The summed E-state index contributed by atoms with van der Waals surface area (Å²) in [7, 11) is -2.27. The largest absolute Gasteiger partial charge is 0.497 e. The van der Waals surface area contributed by atoms with Gasteiger partial charge in [0.25, 0.3) is 5.91 Å². The number of fused-ring (bicyclic) bond motifs is 1. The van der Waals surface area contributed by atoms with E-state index in [-0.39, 0.29) is 42.5 Å². The Balaban J connectivity index is 1.48. The number of carbonyl (C=O) groups is 2. The van der Waals surface area contributed by atoms with Crippen molar-refractivity contribution in [1.82, 2.24) is 9.21 Å². The lowest BCUT2D eigenvalue weighted by molar-refractivity contribution is -0.114. The molecule has 0 aliphatic carbocycles. The molecule has 2 amide bonds. The van der Waals surface area contributed by atoms with Crippen LogP contribution in [0.2, 0.25) is 0 Å². The van der Waals surface area contributed by atoms with Crippen LogP contribution in [-0.2, 0) is 14.8 Å². The van der Waals surface area contributed by atoms with Crippen LogP contribution in [0.3, 0.4) is 0 Å². The van der Waals surface area contributed by atoms with E-state index < -0.39 is 21.6 Å². The zero-order valence-corrected chi connectivity index (χ0v) is 19.4. The standard InChI is InChI=1S/C23H23N3O7S/c1-15(27)24-17-3-6-19(7-4-17)34(30,31)26-11-9-25(10-12-26)22(28)20-14-16-13-18(32-2)5-8-21(16)33-23(20)29/h3-8,13-14H,9-12H2,1-2H3,(H,24,27). The van der Waals surface area contributed by atoms with Crippen LogP contribution < -0.4 is 15.7 Å². The molecule has 34 heavy (non-hydrogen) atoms. The zero-order chi connectivity index (χ0) is 24.5. The number of carbonyl (C=O) groups excluding carboxylic acids is 2. The number of anilines is 1. The van der Waals surface area contributed by atoms with Gasteiger partial charge in [0.05, 0.1) is 12.0 Å². The Hall–Kier alpha value is -3.70. The van der Waals surface area contributed by atoms with Crippen LogP contribution in [0.4, 0.5) is 5.69 Å². The topological polar surface area (TPSA) is 126 Å². The molecule has 1 aliphatic heterocycles. The van der Waals surface area contributed by atoms with Gasteiger partial charge in [0.2, 0.25) is 15.9 Å². The summed E-state index contributed by atoms with van der Waals surface area (Å²) in [5, 5.41) is 3.13. The van der Waals surface area contributed by atoms with Gasteiger partial charge < -0.3 is 19.4 Å². The van der Waals surface area contributed by atoms with Crippen molar-refractivity contribution in [3.63, 3.8) is 0 Å². The average molecular weight is 486 g/mol. The number of piperazine rings is 1. The highest BCUT2D eigenvalue weighted by Crippen LogP contribution is 2.23. The Bertz CT molecular complexity index is 1410. The Kier molecular flexibility index (Phi) is 6.40. The normalized spacial score (nSPS) is 14.7. The van der Waals surface area contributed by atoms with Gasteiger partial charge in [0, 0.05) is 44.2 Å². The minimum atomic E-state index is -3.78. The van der Waals surface area contributed by atoms with E-state index in [1.807, 2.05) is 0 Å². The minimum Gasteiger partial charge on any atom is -0.497 e. The van der Waals surface area contributed by atoms with Gasteiger partial charge in [0.1, 0.15) is 16.9 Å². The van der Waals surface area contributed by atoms with E-state index >= 15 is 0 Å². The highest BCUT2D eigenvalue weighted by Gasteiger charge is 2.31. The molecule has 0 unspecified atom stereocenters. The summed E-state index contributed by atoms with van der Waals surface area (Å²) in [4.78, 5) is 38.1. The van der Waals surface area contributed by atoms with Gasteiger partial charge in [-0.1, -0.05) is 0 Å². The highest BCUT2D eigenvalue weighted by molar-refractivity contribution is 7.89. The van der Waals surface area contributed by atoms with E-state index in [4.69, 9.17) is 9.15 Å². The summed E-state index contributed by atoms with van der Waals surface area (Å²) in [6.45, 7) is 1.77. The van der Waals surface area contributed by atoms with Crippen LogP contribution in [0.1, 0.15) is 17.3 Å². The van der Waals surface area contributed by atoms with Gasteiger partial charge in [-0.25, -0.2) is 13.2 Å². The summed E-state index contributed by atoms with van der Waals surface area (Å²) in [5.74, 6) is -0.213. The number of hydrogen-bond donors (Lipinski definition) is 1. The Morgan fingerprint density at radius 3 is 2.29 bits per heavy atom. The molecule has 0 bridgehead atoms. The van der Waals surface area contributed by atoms with Gasteiger partial charge in [-0.2, -0.15) is 4.31 Å². The molecule has 1 aliphatic rings.